The van der Waals surface area contributed by atoms with Gasteiger partial charge in [0, 0.05) is 42.1 Å². The summed E-state index contributed by atoms with van der Waals surface area (Å²) < 4.78 is 10.6. The van der Waals surface area contributed by atoms with Gasteiger partial charge in [0.05, 0.1) is 5.92 Å². The Kier molecular flexibility index (Phi) is 5.54. The molecule has 30 heavy (non-hydrogen) atoms. The predicted molar refractivity (Wildman–Crippen MR) is 110 cm³/mol. The van der Waals surface area contributed by atoms with Crippen molar-refractivity contribution in [3.05, 3.63) is 40.2 Å². The van der Waals surface area contributed by atoms with Gasteiger partial charge in [-0.05, 0) is 30.4 Å². The topological polar surface area (TPSA) is 97.1 Å². The van der Waals surface area contributed by atoms with Gasteiger partial charge in [-0.3, -0.25) is 9.59 Å². The molecule has 0 radical (unpaired) electrons. The van der Waals surface area contributed by atoms with Crippen molar-refractivity contribution in [2.75, 3.05) is 6.54 Å². The summed E-state index contributed by atoms with van der Waals surface area (Å²) in [4.78, 5) is 38.9. The predicted octanol–water partition coefficient (Wildman–Crippen LogP) is 3.22. The standard InChI is InChI=1S/C23H27NO6/c1-13-4-3-5-19(14(13)2)24-11-15(8-21(24)26)23(28)29-12-16-9-22(27)30-20-10-17(25)6-7-18(16)20/h6-7,9-10,13-15,19,25H,3-5,8,11-12H2,1-2H3/t13-,14+,15+,19+/m0/s1. The Bertz CT molecular complexity index is 1030. The van der Waals surface area contributed by atoms with Crippen LogP contribution in [-0.4, -0.2) is 34.5 Å². The van der Waals surface area contributed by atoms with E-state index in [1.165, 1.54) is 24.6 Å². The van der Waals surface area contributed by atoms with Crippen LogP contribution in [0, 0.1) is 17.8 Å². The van der Waals surface area contributed by atoms with Crippen LogP contribution >= 0.6 is 0 Å². The molecule has 1 saturated heterocycles. The van der Waals surface area contributed by atoms with Crippen LogP contribution in [0.1, 0.15) is 45.1 Å². The number of nitrogens with zero attached hydrogens (tertiary/aromatic N) is 1. The van der Waals surface area contributed by atoms with E-state index in [-0.39, 0.29) is 36.3 Å². The van der Waals surface area contributed by atoms with Crippen molar-refractivity contribution in [1.82, 2.24) is 4.90 Å². The molecule has 1 saturated carbocycles. The number of ether oxygens (including phenoxy) is 1. The van der Waals surface area contributed by atoms with E-state index < -0.39 is 17.5 Å². The quantitative estimate of drug-likeness (QED) is 0.611. The molecule has 7 heteroatoms. The van der Waals surface area contributed by atoms with Crippen molar-refractivity contribution < 1.29 is 23.8 Å². The van der Waals surface area contributed by atoms with Crippen LogP contribution < -0.4 is 5.63 Å². The molecule has 7 nitrogen and oxygen atoms in total. The van der Waals surface area contributed by atoms with E-state index in [0.29, 0.717) is 29.3 Å². The molecule has 1 aliphatic heterocycles. The fourth-order valence-electron chi connectivity index (χ4n) is 4.81. The van der Waals surface area contributed by atoms with Gasteiger partial charge in [-0.25, -0.2) is 4.79 Å². The SMILES string of the molecule is C[C@H]1[C@H](N2C[C@H](C(=O)OCc3cc(=O)oc4cc(O)ccc34)CC2=O)CCC[C@@H]1C. The van der Waals surface area contributed by atoms with Crippen molar-refractivity contribution in [1.29, 1.82) is 0 Å². The van der Waals surface area contributed by atoms with E-state index in [9.17, 15) is 19.5 Å². The molecule has 1 aromatic heterocycles. The first-order valence-electron chi connectivity index (χ1n) is 10.6. The number of carbonyl (C=O) groups excluding carboxylic acids is 2. The lowest BCUT2D eigenvalue weighted by molar-refractivity contribution is -0.149. The molecular weight excluding hydrogens is 386 g/mol. The highest BCUT2D eigenvalue weighted by molar-refractivity contribution is 5.87. The third kappa shape index (κ3) is 3.93. The van der Waals surface area contributed by atoms with Crippen LogP contribution in [-0.2, 0) is 20.9 Å². The minimum Gasteiger partial charge on any atom is -0.508 e. The molecule has 1 N–H and O–H groups in total. The molecule has 2 aromatic rings. The number of esters is 1. The number of phenols is 1. The number of benzene rings is 1. The number of hydrogen-bond donors (Lipinski definition) is 1. The summed E-state index contributed by atoms with van der Waals surface area (Å²) in [6.45, 7) is 4.72. The number of fused-ring (bicyclic) bond motifs is 1. The average molecular weight is 413 g/mol. The van der Waals surface area contributed by atoms with Gasteiger partial charge in [-0.15, -0.1) is 0 Å². The molecule has 0 bridgehead atoms. The van der Waals surface area contributed by atoms with Gasteiger partial charge in [0.1, 0.15) is 17.9 Å². The van der Waals surface area contributed by atoms with Crippen LogP contribution in [0.4, 0.5) is 0 Å². The highest BCUT2D eigenvalue weighted by Gasteiger charge is 2.42. The maximum Gasteiger partial charge on any atom is 0.336 e. The van der Waals surface area contributed by atoms with Gasteiger partial charge in [-0.1, -0.05) is 26.7 Å². The fourth-order valence-corrected chi connectivity index (χ4v) is 4.81. The van der Waals surface area contributed by atoms with E-state index in [0.717, 1.165) is 12.8 Å². The van der Waals surface area contributed by atoms with Crippen LogP contribution in [0.5, 0.6) is 5.75 Å². The number of hydrogen-bond acceptors (Lipinski definition) is 6. The molecule has 1 aliphatic carbocycles. The number of aromatic hydroxyl groups is 1. The lowest BCUT2D eigenvalue weighted by atomic mass is 9.77. The maximum absolute atomic E-state index is 12.7. The largest absolute Gasteiger partial charge is 0.508 e. The van der Waals surface area contributed by atoms with Crippen molar-refractivity contribution in [3.8, 4) is 5.75 Å². The van der Waals surface area contributed by atoms with Crippen molar-refractivity contribution >= 4 is 22.8 Å². The Morgan fingerprint density at radius 1 is 1.23 bits per heavy atom. The average Bonchev–Trinajstić information content (AvgIpc) is 3.09. The molecule has 2 aliphatic rings. The molecule has 1 aromatic carbocycles. The number of likely N-dealkylation sites (tertiary alicyclic amines) is 1. The van der Waals surface area contributed by atoms with E-state index in [1.807, 2.05) is 4.90 Å². The van der Waals surface area contributed by atoms with Crippen molar-refractivity contribution in [2.24, 2.45) is 17.8 Å². The number of amides is 1. The molecule has 1 amide bonds. The normalized spacial score (nSPS) is 26.9. The molecule has 2 heterocycles. The second kappa shape index (κ2) is 8.13. The van der Waals surface area contributed by atoms with Crippen LogP contribution in [0.2, 0.25) is 0 Å². The molecule has 4 rings (SSSR count). The minimum absolute atomic E-state index is 0.0178. The Labute approximate surface area is 174 Å². The van der Waals surface area contributed by atoms with Crippen LogP contribution in [0.3, 0.4) is 0 Å². The summed E-state index contributed by atoms with van der Waals surface area (Å²) >= 11 is 0. The van der Waals surface area contributed by atoms with Gasteiger partial charge in [-0.2, -0.15) is 0 Å². The molecule has 0 unspecified atom stereocenters. The van der Waals surface area contributed by atoms with Crippen molar-refractivity contribution in [3.63, 3.8) is 0 Å². The first-order valence-corrected chi connectivity index (χ1v) is 10.6. The van der Waals surface area contributed by atoms with Crippen LogP contribution in [0.15, 0.2) is 33.5 Å². The number of rotatable bonds is 4. The highest BCUT2D eigenvalue weighted by Crippen LogP contribution is 2.36. The zero-order valence-electron chi connectivity index (χ0n) is 17.3. The van der Waals surface area contributed by atoms with Gasteiger partial charge < -0.3 is 19.2 Å². The lowest BCUT2D eigenvalue weighted by Crippen LogP contribution is -2.45. The lowest BCUT2D eigenvalue weighted by Gasteiger charge is -2.39. The van der Waals surface area contributed by atoms with Gasteiger partial charge in [0.25, 0.3) is 0 Å². The van der Waals surface area contributed by atoms with Crippen LogP contribution in [0.25, 0.3) is 11.0 Å². The summed E-state index contributed by atoms with van der Waals surface area (Å²) in [5.74, 6) is 0.0727. The first kappa shape index (κ1) is 20.4. The molecule has 160 valence electrons. The minimum atomic E-state index is -0.582. The van der Waals surface area contributed by atoms with E-state index in [2.05, 4.69) is 13.8 Å². The summed E-state index contributed by atoms with van der Waals surface area (Å²) in [6.07, 6.45) is 3.44. The van der Waals surface area contributed by atoms with Gasteiger partial charge >= 0.3 is 11.6 Å². The third-order valence-electron chi connectivity index (χ3n) is 6.74. The van der Waals surface area contributed by atoms with E-state index in [1.54, 1.807) is 6.07 Å². The molecule has 2 fully saturated rings. The summed E-state index contributed by atoms with van der Waals surface area (Å²) in [5.41, 5.74) is 0.156. The molecule has 4 atom stereocenters. The first-order chi connectivity index (χ1) is 14.3. The second-order valence-corrected chi connectivity index (χ2v) is 8.66. The zero-order valence-corrected chi connectivity index (χ0v) is 17.3. The molecular formula is C23H27NO6. The highest BCUT2D eigenvalue weighted by atomic mass is 16.5. The monoisotopic (exact) mass is 413 g/mol. The fraction of sp³-hybridized carbons (Fsp3) is 0.522. The maximum atomic E-state index is 12.7. The zero-order chi connectivity index (χ0) is 21.4. The number of phenolic OH excluding ortho intramolecular Hbond substituents is 1. The second-order valence-electron chi connectivity index (χ2n) is 8.66. The molecule has 0 spiro atoms. The summed E-state index contributed by atoms with van der Waals surface area (Å²) in [7, 11) is 0. The Balaban J connectivity index is 1.43. The Morgan fingerprint density at radius 3 is 2.83 bits per heavy atom. The number of carbonyl (C=O) groups is 2. The van der Waals surface area contributed by atoms with Gasteiger partial charge in [0.15, 0.2) is 0 Å². The van der Waals surface area contributed by atoms with E-state index in [4.69, 9.17) is 9.15 Å². The Morgan fingerprint density at radius 2 is 2.03 bits per heavy atom. The Hall–Kier alpha value is -2.83. The smallest absolute Gasteiger partial charge is 0.336 e. The van der Waals surface area contributed by atoms with Gasteiger partial charge in [0.2, 0.25) is 5.91 Å². The summed E-state index contributed by atoms with van der Waals surface area (Å²) in [6, 6.07) is 5.91. The van der Waals surface area contributed by atoms with E-state index >= 15 is 0 Å². The summed E-state index contributed by atoms with van der Waals surface area (Å²) in [5, 5.41) is 10.2. The third-order valence-corrected chi connectivity index (χ3v) is 6.74. The van der Waals surface area contributed by atoms with Crippen molar-refractivity contribution in [2.45, 2.75) is 52.2 Å².